The van der Waals surface area contributed by atoms with Gasteiger partial charge in [-0.05, 0) is 24.0 Å². The highest BCUT2D eigenvalue weighted by atomic mass is 19.4. The number of ketones is 1. The fourth-order valence-corrected chi connectivity index (χ4v) is 1.90. The van der Waals surface area contributed by atoms with Crippen molar-refractivity contribution in [3.05, 3.63) is 29.6 Å². The lowest BCUT2D eigenvalue weighted by molar-refractivity contribution is -0.139. The topological polar surface area (TPSA) is 30.0 Å². The third-order valence-electron chi connectivity index (χ3n) is 2.55. The first-order valence-corrected chi connectivity index (χ1v) is 5.16. The summed E-state index contributed by atoms with van der Waals surface area (Å²) in [6.07, 6.45) is -2.07. The van der Waals surface area contributed by atoms with E-state index in [0.717, 1.165) is 12.3 Å². The van der Waals surface area contributed by atoms with Crippen LogP contribution in [0.5, 0.6) is 0 Å². The molecule has 0 radical (unpaired) electrons. The average Bonchev–Trinajstić information content (AvgIpc) is 2.14. The molecule has 0 aliphatic heterocycles. The number of pyridine rings is 1. The van der Waals surface area contributed by atoms with Crippen molar-refractivity contribution in [2.75, 3.05) is 0 Å². The van der Waals surface area contributed by atoms with Crippen LogP contribution in [0.3, 0.4) is 0 Å². The minimum atomic E-state index is -4.42. The summed E-state index contributed by atoms with van der Waals surface area (Å²) in [4.78, 5) is 14.8. The Morgan fingerprint density at radius 2 is 1.88 bits per heavy atom. The van der Waals surface area contributed by atoms with Crippen LogP contribution in [0.4, 0.5) is 13.2 Å². The lowest BCUT2D eigenvalue weighted by atomic mass is 9.79. The van der Waals surface area contributed by atoms with Gasteiger partial charge in [0.1, 0.15) is 5.78 Å². The van der Waals surface area contributed by atoms with Crippen molar-refractivity contribution in [3.63, 3.8) is 0 Å². The van der Waals surface area contributed by atoms with E-state index in [4.69, 9.17) is 0 Å². The molecule has 0 aliphatic rings. The summed E-state index contributed by atoms with van der Waals surface area (Å²) in [5.41, 5.74) is -1.54. The molecule has 0 bridgehead atoms. The number of halogens is 3. The van der Waals surface area contributed by atoms with Gasteiger partial charge < -0.3 is 0 Å². The number of carbonyl (C=O) groups excluding carboxylic acids is 1. The molecule has 0 amide bonds. The van der Waals surface area contributed by atoms with Crippen LogP contribution in [0.25, 0.3) is 0 Å². The first kappa shape index (κ1) is 13.7. The first-order valence-electron chi connectivity index (χ1n) is 5.16. The van der Waals surface area contributed by atoms with Crippen molar-refractivity contribution in [1.82, 2.24) is 4.98 Å². The van der Waals surface area contributed by atoms with E-state index in [1.54, 1.807) is 13.8 Å². The molecular formula is C12H14F3NO. The summed E-state index contributed by atoms with van der Waals surface area (Å²) in [5, 5.41) is 0. The summed E-state index contributed by atoms with van der Waals surface area (Å²) in [6.45, 7) is 4.59. The highest BCUT2D eigenvalue weighted by molar-refractivity contribution is 5.77. The number of rotatable bonds is 3. The predicted octanol–water partition coefficient (Wildman–Crippen LogP) is 3.36. The standard InChI is InChI=1S/C12H14F3NO/c1-8(17)6-11(2,3)10-7-16-5-4-9(10)12(13,14)15/h4-5,7H,6H2,1-3H3. The zero-order valence-corrected chi connectivity index (χ0v) is 9.93. The second-order valence-corrected chi connectivity index (χ2v) is 4.68. The summed E-state index contributed by atoms with van der Waals surface area (Å²) in [7, 11) is 0. The maximum atomic E-state index is 12.8. The molecule has 5 heteroatoms. The Morgan fingerprint density at radius 3 is 2.35 bits per heavy atom. The van der Waals surface area contributed by atoms with Gasteiger partial charge in [0.2, 0.25) is 0 Å². The number of nitrogens with zero attached hydrogens (tertiary/aromatic N) is 1. The smallest absolute Gasteiger partial charge is 0.300 e. The number of alkyl halides is 3. The SMILES string of the molecule is CC(=O)CC(C)(C)c1cnccc1C(F)(F)F. The van der Waals surface area contributed by atoms with Gasteiger partial charge in [0.15, 0.2) is 0 Å². The Bertz CT molecular complexity index is 424. The van der Waals surface area contributed by atoms with Crippen LogP contribution >= 0.6 is 0 Å². The Balaban J connectivity index is 3.26. The zero-order chi connectivity index (χ0) is 13.3. The van der Waals surface area contributed by atoms with E-state index < -0.39 is 17.2 Å². The Hall–Kier alpha value is -1.39. The van der Waals surface area contributed by atoms with E-state index in [2.05, 4.69) is 4.98 Å². The molecule has 1 aromatic heterocycles. The first-order chi connectivity index (χ1) is 7.64. The van der Waals surface area contributed by atoms with Crippen LogP contribution in [0.2, 0.25) is 0 Å². The van der Waals surface area contributed by atoms with Gasteiger partial charge in [0, 0.05) is 18.8 Å². The Kier molecular flexibility index (Phi) is 3.59. The van der Waals surface area contributed by atoms with E-state index in [1.807, 2.05) is 0 Å². The van der Waals surface area contributed by atoms with Crippen LogP contribution in [-0.4, -0.2) is 10.8 Å². The largest absolute Gasteiger partial charge is 0.416 e. The van der Waals surface area contributed by atoms with Gasteiger partial charge in [0.05, 0.1) is 5.56 Å². The molecule has 2 nitrogen and oxygen atoms in total. The van der Waals surface area contributed by atoms with Gasteiger partial charge >= 0.3 is 6.18 Å². The van der Waals surface area contributed by atoms with Crippen LogP contribution in [-0.2, 0) is 16.4 Å². The molecule has 0 N–H and O–H groups in total. The summed E-state index contributed by atoms with van der Waals surface area (Å²) < 4.78 is 38.4. The summed E-state index contributed by atoms with van der Waals surface area (Å²) in [6, 6.07) is 0.942. The fourth-order valence-electron chi connectivity index (χ4n) is 1.90. The number of aromatic nitrogens is 1. The number of hydrogen-bond donors (Lipinski definition) is 0. The van der Waals surface area contributed by atoms with Crippen molar-refractivity contribution in [3.8, 4) is 0 Å². The normalized spacial score (nSPS) is 12.6. The Labute approximate surface area is 97.9 Å². The molecule has 94 valence electrons. The fraction of sp³-hybridized carbons (Fsp3) is 0.500. The molecule has 1 heterocycles. The zero-order valence-electron chi connectivity index (χ0n) is 9.93. The molecule has 0 aromatic carbocycles. The van der Waals surface area contributed by atoms with E-state index in [0.29, 0.717) is 0 Å². The molecule has 0 saturated heterocycles. The van der Waals surface area contributed by atoms with Crippen molar-refractivity contribution < 1.29 is 18.0 Å². The van der Waals surface area contributed by atoms with Crippen molar-refractivity contribution in [1.29, 1.82) is 0 Å². The Morgan fingerprint density at radius 1 is 1.29 bits per heavy atom. The molecule has 0 aliphatic carbocycles. The summed E-state index contributed by atoms with van der Waals surface area (Å²) in [5.74, 6) is -0.146. The van der Waals surface area contributed by atoms with Gasteiger partial charge in [-0.2, -0.15) is 13.2 Å². The molecule has 1 rings (SSSR count). The second-order valence-electron chi connectivity index (χ2n) is 4.68. The molecule has 0 unspecified atom stereocenters. The van der Waals surface area contributed by atoms with Gasteiger partial charge in [-0.3, -0.25) is 9.78 Å². The van der Waals surface area contributed by atoms with Gasteiger partial charge in [-0.1, -0.05) is 13.8 Å². The molecular weight excluding hydrogens is 231 g/mol. The lowest BCUT2D eigenvalue weighted by Crippen LogP contribution is -2.25. The van der Waals surface area contributed by atoms with Gasteiger partial charge in [-0.25, -0.2) is 0 Å². The minimum absolute atomic E-state index is 0.0573. The third kappa shape index (κ3) is 3.28. The molecule has 0 spiro atoms. The predicted molar refractivity (Wildman–Crippen MR) is 57.6 cm³/mol. The van der Waals surface area contributed by atoms with Crippen molar-refractivity contribution in [2.45, 2.75) is 38.8 Å². The number of hydrogen-bond acceptors (Lipinski definition) is 2. The van der Waals surface area contributed by atoms with Crippen molar-refractivity contribution >= 4 is 5.78 Å². The molecule has 1 aromatic rings. The van der Waals surface area contributed by atoms with E-state index >= 15 is 0 Å². The van der Waals surface area contributed by atoms with Crippen LogP contribution < -0.4 is 0 Å². The van der Waals surface area contributed by atoms with Crippen LogP contribution in [0.1, 0.15) is 38.3 Å². The van der Waals surface area contributed by atoms with Gasteiger partial charge in [-0.15, -0.1) is 0 Å². The van der Waals surface area contributed by atoms with Crippen LogP contribution in [0.15, 0.2) is 18.5 Å². The van der Waals surface area contributed by atoms with Crippen LogP contribution in [0, 0.1) is 0 Å². The van der Waals surface area contributed by atoms with Crippen molar-refractivity contribution in [2.24, 2.45) is 0 Å². The quantitative estimate of drug-likeness (QED) is 0.817. The van der Waals surface area contributed by atoms with Gasteiger partial charge in [0.25, 0.3) is 0 Å². The molecule has 0 saturated carbocycles. The van der Waals surface area contributed by atoms with E-state index in [-0.39, 0.29) is 17.8 Å². The maximum absolute atomic E-state index is 12.8. The minimum Gasteiger partial charge on any atom is -0.300 e. The monoisotopic (exact) mass is 245 g/mol. The third-order valence-corrected chi connectivity index (χ3v) is 2.55. The molecule has 17 heavy (non-hydrogen) atoms. The number of Topliss-reactive ketones (excluding diaryl/α,β-unsaturated/α-hetero) is 1. The molecule has 0 atom stereocenters. The van der Waals surface area contributed by atoms with E-state index in [9.17, 15) is 18.0 Å². The summed E-state index contributed by atoms with van der Waals surface area (Å²) >= 11 is 0. The van der Waals surface area contributed by atoms with E-state index in [1.165, 1.54) is 13.1 Å². The number of carbonyl (C=O) groups is 1. The maximum Gasteiger partial charge on any atom is 0.416 e. The second kappa shape index (κ2) is 4.47. The highest BCUT2D eigenvalue weighted by Gasteiger charge is 2.38. The molecule has 0 fully saturated rings. The highest BCUT2D eigenvalue weighted by Crippen LogP contribution is 2.38. The lowest BCUT2D eigenvalue weighted by Gasteiger charge is -2.26. The average molecular weight is 245 g/mol.